The van der Waals surface area contributed by atoms with Crippen molar-refractivity contribution in [2.24, 2.45) is 5.92 Å². The van der Waals surface area contributed by atoms with Crippen LogP contribution >= 0.6 is 0 Å². The average Bonchev–Trinajstić information content (AvgIpc) is 2.34. The Morgan fingerprint density at radius 2 is 2.00 bits per heavy atom. The van der Waals surface area contributed by atoms with Crippen molar-refractivity contribution in [1.82, 2.24) is 5.32 Å². The van der Waals surface area contributed by atoms with Crippen LogP contribution in [0.15, 0.2) is 18.2 Å². The molecule has 0 amide bonds. The number of fused-ring (bicyclic) bond motifs is 1. The Bertz CT molecular complexity index is 405. The summed E-state index contributed by atoms with van der Waals surface area (Å²) in [5, 5.41) is 3.28. The largest absolute Gasteiger partial charge is 0.486 e. The normalized spacial score (nSPS) is 26.4. The van der Waals surface area contributed by atoms with E-state index in [0.717, 1.165) is 24.0 Å². The molecule has 17 heavy (non-hydrogen) atoms. The van der Waals surface area contributed by atoms with Gasteiger partial charge in [-0.3, -0.25) is 0 Å². The zero-order chi connectivity index (χ0) is 11.7. The Labute approximate surface area is 102 Å². The number of nitrogens with one attached hydrogen (secondary N) is 1. The van der Waals surface area contributed by atoms with E-state index in [1.54, 1.807) is 0 Å². The standard InChI is InChI=1S/C14H19NO2/c1-15-9-11-2-4-12(11)10-3-5-13-14(8-10)17-7-6-16-13/h3,5,8,11-12,15H,2,4,6-7,9H2,1H3. The van der Waals surface area contributed by atoms with Crippen molar-refractivity contribution in [2.45, 2.75) is 18.8 Å². The summed E-state index contributed by atoms with van der Waals surface area (Å²) in [6.45, 7) is 2.44. The van der Waals surface area contributed by atoms with Crippen LogP contribution in [0, 0.1) is 5.92 Å². The number of hydrogen-bond acceptors (Lipinski definition) is 3. The maximum Gasteiger partial charge on any atom is 0.161 e. The summed E-state index contributed by atoms with van der Waals surface area (Å²) in [6.07, 6.45) is 2.63. The minimum atomic E-state index is 0.665. The van der Waals surface area contributed by atoms with E-state index in [1.165, 1.54) is 18.4 Å². The van der Waals surface area contributed by atoms with E-state index in [1.807, 2.05) is 7.05 Å². The van der Waals surface area contributed by atoms with Gasteiger partial charge in [0.15, 0.2) is 11.5 Å². The van der Waals surface area contributed by atoms with Gasteiger partial charge in [-0.25, -0.2) is 0 Å². The number of benzene rings is 1. The van der Waals surface area contributed by atoms with Crippen LogP contribution in [0.4, 0.5) is 0 Å². The summed E-state index contributed by atoms with van der Waals surface area (Å²) >= 11 is 0. The van der Waals surface area contributed by atoms with Gasteiger partial charge in [0.05, 0.1) is 0 Å². The van der Waals surface area contributed by atoms with Crippen molar-refractivity contribution in [3.8, 4) is 11.5 Å². The van der Waals surface area contributed by atoms with Crippen LogP contribution < -0.4 is 14.8 Å². The molecule has 1 aliphatic heterocycles. The number of ether oxygens (including phenoxy) is 2. The highest BCUT2D eigenvalue weighted by Gasteiger charge is 2.32. The van der Waals surface area contributed by atoms with Gasteiger partial charge in [0.1, 0.15) is 13.2 Å². The molecule has 92 valence electrons. The van der Waals surface area contributed by atoms with Crippen LogP contribution in [0.25, 0.3) is 0 Å². The van der Waals surface area contributed by atoms with Crippen molar-refractivity contribution in [2.75, 3.05) is 26.8 Å². The molecule has 0 radical (unpaired) electrons. The summed E-state index contributed by atoms with van der Waals surface area (Å²) < 4.78 is 11.2. The Balaban J connectivity index is 1.79. The molecule has 0 spiro atoms. The van der Waals surface area contributed by atoms with Gasteiger partial charge in [0, 0.05) is 0 Å². The Morgan fingerprint density at radius 3 is 2.71 bits per heavy atom. The molecule has 0 bridgehead atoms. The Hall–Kier alpha value is -1.22. The van der Waals surface area contributed by atoms with Crippen LogP contribution in [0.1, 0.15) is 24.3 Å². The van der Waals surface area contributed by atoms with Crippen LogP contribution in [-0.2, 0) is 0 Å². The topological polar surface area (TPSA) is 30.5 Å². The lowest BCUT2D eigenvalue weighted by Crippen LogP contribution is -2.32. The molecular formula is C14H19NO2. The second kappa shape index (κ2) is 4.57. The second-order valence-electron chi connectivity index (χ2n) is 4.90. The third-order valence-corrected chi connectivity index (χ3v) is 3.88. The summed E-state index contributed by atoms with van der Waals surface area (Å²) in [4.78, 5) is 0. The van der Waals surface area contributed by atoms with Crippen LogP contribution in [0.3, 0.4) is 0 Å². The van der Waals surface area contributed by atoms with Crippen molar-refractivity contribution < 1.29 is 9.47 Å². The fourth-order valence-corrected chi connectivity index (χ4v) is 2.80. The van der Waals surface area contributed by atoms with E-state index in [0.29, 0.717) is 19.1 Å². The zero-order valence-electron chi connectivity index (χ0n) is 10.2. The zero-order valence-corrected chi connectivity index (χ0v) is 10.2. The fraction of sp³-hybridized carbons (Fsp3) is 0.571. The van der Waals surface area contributed by atoms with Crippen LogP contribution in [0.5, 0.6) is 11.5 Å². The molecule has 1 aliphatic carbocycles. The lowest BCUT2D eigenvalue weighted by atomic mass is 9.70. The Morgan fingerprint density at radius 1 is 1.18 bits per heavy atom. The average molecular weight is 233 g/mol. The van der Waals surface area contributed by atoms with E-state index >= 15 is 0 Å². The predicted molar refractivity (Wildman–Crippen MR) is 66.8 cm³/mol. The molecule has 0 aromatic heterocycles. The maximum atomic E-state index is 5.64. The molecule has 1 saturated carbocycles. The molecule has 1 heterocycles. The summed E-state index contributed by atoms with van der Waals surface area (Å²) in [5.41, 5.74) is 1.40. The quantitative estimate of drug-likeness (QED) is 0.868. The van der Waals surface area contributed by atoms with Crippen LogP contribution in [0.2, 0.25) is 0 Å². The Kier molecular flexibility index (Phi) is 2.93. The first-order chi connectivity index (χ1) is 8.38. The minimum Gasteiger partial charge on any atom is -0.486 e. The first-order valence-corrected chi connectivity index (χ1v) is 6.42. The molecular weight excluding hydrogens is 214 g/mol. The molecule has 1 aromatic rings. The number of hydrogen-bond donors (Lipinski definition) is 1. The molecule has 0 saturated heterocycles. The highest BCUT2D eigenvalue weighted by Crippen LogP contribution is 2.44. The van der Waals surface area contributed by atoms with E-state index in [9.17, 15) is 0 Å². The lowest BCUT2D eigenvalue weighted by Gasteiger charge is -2.37. The molecule has 1 aromatic carbocycles. The van der Waals surface area contributed by atoms with Crippen molar-refractivity contribution in [1.29, 1.82) is 0 Å². The van der Waals surface area contributed by atoms with E-state index in [2.05, 4.69) is 23.5 Å². The minimum absolute atomic E-state index is 0.665. The monoisotopic (exact) mass is 233 g/mol. The third kappa shape index (κ3) is 2.00. The van der Waals surface area contributed by atoms with Gasteiger partial charge in [-0.15, -0.1) is 0 Å². The summed E-state index contributed by atoms with van der Waals surface area (Å²) in [7, 11) is 2.03. The smallest absolute Gasteiger partial charge is 0.161 e. The molecule has 3 heteroatoms. The number of rotatable bonds is 3. The fourth-order valence-electron chi connectivity index (χ4n) is 2.80. The van der Waals surface area contributed by atoms with Crippen molar-refractivity contribution >= 4 is 0 Å². The molecule has 2 aliphatic rings. The van der Waals surface area contributed by atoms with E-state index in [4.69, 9.17) is 9.47 Å². The molecule has 1 fully saturated rings. The third-order valence-electron chi connectivity index (χ3n) is 3.88. The van der Waals surface area contributed by atoms with Crippen molar-refractivity contribution in [3.05, 3.63) is 23.8 Å². The SMILES string of the molecule is CNCC1CCC1c1ccc2c(c1)OCCO2. The molecule has 3 rings (SSSR count). The van der Waals surface area contributed by atoms with Gasteiger partial charge < -0.3 is 14.8 Å². The van der Waals surface area contributed by atoms with Crippen LogP contribution in [-0.4, -0.2) is 26.8 Å². The second-order valence-corrected chi connectivity index (χ2v) is 4.90. The predicted octanol–water partition coefficient (Wildman–Crippen LogP) is 2.17. The van der Waals surface area contributed by atoms with Gasteiger partial charge in [-0.1, -0.05) is 6.07 Å². The first-order valence-electron chi connectivity index (χ1n) is 6.42. The first kappa shape index (κ1) is 10.9. The van der Waals surface area contributed by atoms with Gasteiger partial charge in [-0.2, -0.15) is 0 Å². The lowest BCUT2D eigenvalue weighted by molar-refractivity contribution is 0.170. The molecule has 1 N–H and O–H groups in total. The van der Waals surface area contributed by atoms with Gasteiger partial charge in [-0.05, 0) is 56.0 Å². The highest BCUT2D eigenvalue weighted by molar-refractivity contribution is 5.45. The van der Waals surface area contributed by atoms with E-state index < -0.39 is 0 Å². The maximum absolute atomic E-state index is 5.64. The summed E-state index contributed by atoms with van der Waals surface area (Å²) in [6, 6.07) is 6.42. The molecule has 2 atom stereocenters. The summed E-state index contributed by atoms with van der Waals surface area (Å²) in [5.74, 6) is 3.29. The van der Waals surface area contributed by atoms with Crippen molar-refractivity contribution in [3.63, 3.8) is 0 Å². The van der Waals surface area contributed by atoms with Gasteiger partial charge in [0.25, 0.3) is 0 Å². The van der Waals surface area contributed by atoms with E-state index in [-0.39, 0.29) is 0 Å². The van der Waals surface area contributed by atoms with Gasteiger partial charge in [0.2, 0.25) is 0 Å². The molecule has 3 nitrogen and oxygen atoms in total. The van der Waals surface area contributed by atoms with Gasteiger partial charge >= 0.3 is 0 Å². The highest BCUT2D eigenvalue weighted by atomic mass is 16.6. The molecule has 2 unspecified atom stereocenters.